The number of benzene rings is 2. The van der Waals surface area contributed by atoms with E-state index in [0.717, 1.165) is 23.6 Å². The highest BCUT2D eigenvalue weighted by Gasteiger charge is 2.04. The molecule has 0 spiro atoms. The minimum Gasteiger partial charge on any atom is -0.497 e. The Morgan fingerprint density at radius 2 is 1.68 bits per heavy atom. The van der Waals surface area contributed by atoms with Crippen LogP contribution in [0.5, 0.6) is 11.5 Å². The van der Waals surface area contributed by atoms with Crippen molar-refractivity contribution in [1.82, 2.24) is 0 Å². The number of ether oxygens (including phenoxy) is 2. The van der Waals surface area contributed by atoms with E-state index in [1.54, 1.807) is 7.11 Å². The molecule has 0 bridgehead atoms. The van der Waals surface area contributed by atoms with Gasteiger partial charge in [-0.2, -0.15) is 0 Å². The predicted molar refractivity (Wildman–Crippen MR) is 114 cm³/mol. The number of rotatable bonds is 7. The van der Waals surface area contributed by atoms with Gasteiger partial charge in [0, 0.05) is 5.69 Å². The largest absolute Gasteiger partial charge is 0.497 e. The van der Waals surface area contributed by atoms with Crippen LogP contribution in [-0.2, 0) is 6.42 Å². The summed E-state index contributed by atoms with van der Waals surface area (Å²) in [4.78, 5) is 4.33. The first-order valence-corrected chi connectivity index (χ1v) is 8.07. The Kier molecular flexibility index (Phi) is 9.12. The van der Waals surface area contributed by atoms with Gasteiger partial charge < -0.3 is 20.5 Å². The molecule has 0 aromatic heterocycles. The summed E-state index contributed by atoms with van der Waals surface area (Å²) in [5, 5.41) is 3.08. The monoisotopic (exact) mass is 455 g/mol. The summed E-state index contributed by atoms with van der Waals surface area (Å²) >= 11 is 0. The number of halogens is 1. The molecule has 0 saturated carbocycles. The predicted octanol–water partition coefficient (Wildman–Crippen LogP) is 4.07. The molecule has 6 heteroatoms. The van der Waals surface area contributed by atoms with Crippen molar-refractivity contribution in [2.24, 2.45) is 10.7 Å². The number of aliphatic imine (C=N–C) groups is 1. The highest BCUT2D eigenvalue weighted by Crippen LogP contribution is 2.18. The van der Waals surface area contributed by atoms with E-state index in [1.807, 2.05) is 43.3 Å². The maximum absolute atomic E-state index is 5.92. The summed E-state index contributed by atoms with van der Waals surface area (Å²) in [6, 6.07) is 15.6. The van der Waals surface area contributed by atoms with Crippen LogP contribution in [0.3, 0.4) is 0 Å². The van der Waals surface area contributed by atoms with Crippen molar-refractivity contribution in [1.29, 1.82) is 0 Å². The number of hydrogen-bond donors (Lipinski definition) is 2. The summed E-state index contributed by atoms with van der Waals surface area (Å²) in [6.07, 6.45) is 0.936. The zero-order valence-electron chi connectivity index (χ0n) is 14.9. The van der Waals surface area contributed by atoms with E-state index >= 15 is 0 Å². The molecule has 25 heavy (non-hydrogen) atoms. The van der Waals surface area contributed by atoms with Crippen LogP contribution in [0.2, 0.25) is 0 Å². The normalized spacial score (nSPS) is 12.0. The lowest BCUT2D eigenvalue weighted by Gasteiger charge is -2.13. The number of nitrogens with two attached hydrogens (primary N) is 1. The fourth-order valence-corrected chi connectivity index (χ4v) is 2.16. The highest BCUT2D eigenvalue weighted by atomic mass is 127. The zero-order valence-corrected chi connectivity index (χ0v) is 17.2. The molecule has 0 aliphatic heterocycles. The molecular formula is C19H26IN3O2. The molecule has 0 fully saturated rings. The van der Waals surface area contributed by atoms with Crippen LogP contribution in [0.4, 0.5) is 5.69 Å². The highest BCUT2D eigenvalue weighted by molar-refractivity contribution is 14.0. The third-order valence-electron chi connectivity index (χ3n) is 3.55. The van der Waals surface area contributed by atoms with Gasteiger partial charge in [-0.1, -0.05) is 19.1 Å². The lowest BCUT2D eigenvalue weighted by Crippen LogP contribution is -2.25. The van der Waals surface area contributed by atoms with Crippen LogP contribution in [0, 0.1) is 0 Å². The molecule has 1 atom stereocenters. The van der Waals surface area contributed by atoms with Crippen LogP contribution >= 0.6 is 24.0 Å². The number of nitrogens with zero attached hydrogens (tertiary/aromatic N) is 1. The lowest BCUT2D eigenvalue weighted by molar-refractivity contribution is 0.230. The molecule has 0 saturated heterocycles. The molecule has 5 nitrogen and oxygen atoms in total. The second-order valence-corrected chi connectivity index (χ2v) is 5.51. The Hall–Kier alpha value is -1.96. The number of anilines is 1. The van der Waals surface area contributed by atoms with Crippen molar-refractivity contribution in [3.63, 3.8) is 0 Å². The Morgan fingerprint density at radius 1 is 1.08 bits per heavy atom. The van der Waals surface area contributed by atoms with Crippen molar-refractivity contribution in [3.8, 4) is 11.5 Å². The molecule has 0 heterocycles. The minimum atomic E-state index is -0.0822. The van der Waals surface area contributed by atoms with E-state index < -0.39 is 0 Å². The molecule has 0 aliphatic rings. The van der Waals surface area contributed by atoms with Crippen LogP contribution in [0.25, 0.3) is 0 Å². The van der Waals surface area contributed by atoms with Crippen molar-refractivity contribution < 1.29 is 9.47 Å². The summed E-state index contributed by atoms with van der Waals surface area (Å²) < 4.78 is 10.9. The van der Waals surface area contributed by atoms with Gasteiger partial charge in [-0.15, -0.1) is 24.0 Å². The first kappa shape index (κ1) is 21.1. The molecule has 2 rings (SSSR count). The standard InChI is InChI=1S/C19H25N3O2.HI/c1-4-15-5-7-16(8-6-15)22-19(20)21-13-14(2)24-18-11-9-17(23-3)10-12-18;/h5-12,14H,4,13H2,1-3H3,(H3,20,21,22);1H. The van der Waals surface area contributed by atoms with Crippen LogP contribution in [0.1, 0.15) is 19.4 Å². The molecule has 3 N–H and O–H groups in total. The van der Waals surface area contributed by atoms with Gasteiger partial charge in [0.2, 0.25) is 0 Å². The Labute approximate surface area is 166 Å². The fraction of sp³-hybridized carbons (Fsp3) is 0.316. The van der Waals surface area contributed by atoms with Crippen molar-refractivity contribution >= 4 is 35.6 Å². The lowest BCUT2D eigenvalue weighted by atomic mass is 10.1. The van der Waals surface area contributed by atoms with E-state index in [4.69, 9.17) is 15.2 Å². The molecule has 0 radical (unpaired) electrons. The average Bonchev–Trinajstić information content (AvgIpc) is 2.61. The van der Waals surface area contributed by atoms with Crippen molar-refractivity contribution in [2.75, 3.05) is 19.0 Å². The van der Waals surface area contributed by atoms with Gasteiger partial charge in [0.15, 0.2) is 5.96 Å². The molecule has 2 aromatic carbocycles. The number of nitrogens with one attached hydrogen (secondary N) is 1. The summed E-state index contributed by atoms with van der Waals surface area (Å²) in [5.41, 5.74) is 8.14. The van der Waals surface area contributed by atoms with E-state index in [2.05, 4.69) is 29.4 Å². The number of methoxy groups -OCH3 is 1. The van der Waals surface area contributed by atoms with Gasteiger partial charge in [-0.3, -0.25) is 0 Å². The first-order valence-electron chi connectivity index (χ1n) is 8.07. The Morgan fingerprint density at radius 3 is 2.24 bits per heavy atom. The Balaban J connectivity index is 0.00000312. The first-order chi connectivity index (χ1) is 11.6. The van der Waals surface area contributed by atoms with Crippen LogP contribution < -0.4 is 20.5 Å². The quantitative estimate of drug-likeness (QED) is 0.375. The molecule has 1 unspecified atom stereocenters. The summed E-state index contributed by atoms with van der Waals surface area (Å²) in [7, 11) is 1.64. The van der Waals surface area contributed by atoms with Crippen LogP contribution in [0.15, 0.2) is 53.5 Å². The van der Waals surface area contributed by atoms with Gasteiger partial charge in [0.25, 0.3) is 0 Å². The van der Waals surface area contributed by atoms with Crippen LogP contribution in [-0.4, -0.2) is 25.7 Å². The number of guanidine groups is 1. The second-order valence-electron chi connectivity index (χ2n) is 5.51. The number of hydrogen-bond acceptors (Lipinski definition) is 3. The van der Waals surface area contributed by atoms with Gasteiger partial charge in [-0.25, -0.2) is 4.99 Å². The van der Waals surface area contributed by atoms with E-state index in [0.29, 0.717) is 12.5 Å². The third-order valence-corrected chi connectivity index (χ3v) is 3.55. The minimum absolute atomic E-state index is 0. The fourth-order valence-electron chi connectivity index (χ4n) is 2.16. The van der Waals surface area contributed by atoms with E-state index in [1.165, 1.54) is 5.56 Å². The SMILES string of the molecule is CCc1ccc(NC(N)=NCC(C)Oc2ccc(OC)cc2)cc1.I. The van der Waals surface area contributed by atoms with Gasteiger partial charge in [0.05, 0.1) is 13.7 Å². The average molecular weight is 455 g/mol. The van der Waals surface area contributed by atoms with Gasteiger partial charge in [0.1, 0.15) is 17.6 Å². The smallest absolute Gasteiger partial charge is 0.193 e. The molecular weight excluding hydrogens is 429 g/mol. The topological polar surface area (TPSA) is 68.9 Å². The zero-order chi connectivity index (χ0) is 17.4. The third kappa shape index (κ3) is 7.21. The number of aryl methyl sites for hydroxylation is 1. The maximum atomic E-state index is 5.92. The summed E-state index contributed by atoms with van der Waals surface area (Å²) in [6.45, 7) is 4.55. The summed E-state index contributed by atoms with van der Waals surface area (Å²) in [5.74, 6) is 1.96. The Bertz CT molecular complexity index is 657. The molecule has 0 aliphatic carbocycles. The van der Waals surface area contributed by atoms with Crippen molar-refractivity contribution in [3.05, 3.63) is 54.1 Å². The maximum Gasteiger partial charge on any atom is 0.193 e. The molecule has 136 valence electrons. The van der Waals surface area contributed by atoms with E-state index in [-0.39, 0.29) is 30.1 Å². The molecule has 0 amide bonds. The second kappa shape index (κ2) is 10.8. The molecule has 2 aromatic rings. The van der Waals surface area contributed by atoms with E-state index in [9.17, 15) is 0 Å². The van der Waals surface area contributed by atoms with Gasteiger partial charge in [-0.05, 0) is 55.3 Å². The van der Waals surface area contributed by atoms with Gasteiger partial charge >= 0.3 is 0 Å². The van der Waals surface area contributed by atoms with Crippen molar-refractivity contribution in [2.45, 2.75) is 26.4 Å².